The minimum Gasteiger partial charge on any atom is -0.455 e. The highest BCUT2D eigenvalue weighted by atomic mass is 16.3. The Bertz CT molecular complexity index is 3470. The number of anilines is 3. The van der Waals surface area contributed by atoms with E-state index in [9.17, 15) is 0 Å². The molecule has 3 nitrogen and oxygen atoms in total. The van der Waals surface area contributed by atoms with Gasteiger partial charge in [0.15, 0.2) is 0 Å². The van der Waals surface area contributed by atoms with Gasteiger partial charge < -0.3 is 13.7 Å². The van der Waals surface area contributed by atoms with Crippen molar-refractivity contribution in [2.45, 2.75) is 0 Å². The number of rotatable bonds is 7. The molecule has 0 spiro atoms. The Balaban J connectivity index is 1.09. The highest BCUT2D eigenvalue weighted by Crippen LogP contribution is 2.48. The molecular formula is C58H37NO2. The van der Waals surface area contributed by atoms with Crippen molar-refractivity contribution < 1.29 is 8.83 Å². The Morgan fingerprint density at radius 3 is 1.34 bits per heavy atom. The van der Waals surface area contributed by atoms with Crippen LogP contribution in [0.25, 0.3) is 99.2 Å². The molecule has 0 atom stereocenters. The van der Waals surface area contributed by atoms with Gasteiger partial charge in [-0.3, -0.25) is 0 Å². The van der Waals surface area contributed by atoms with Crippen LogP contribution in [0.1, 0.15) is 0 Å². The van der Waals surface area contributed by atoms with E-state index in [1.807, 2.05) is 0 Å². The van der Waals surface area contributed by atoms with Crippen LogP contribution in [0.5, 0.6) is 0 Å². The van der Waals surface area contributed by atoms with Crippen molar-refractivity contribution in [1.82, 2.24) is 0 Å². The standard InChI is InChI=1S/C58H37NO2/c1-4-15-38(16-5-1)40-29-33-43(34-30-40)59(44-35-31-41(32-36-44)39-17-6-2-7-18-39)53-27-14-28-54-55(53)52-37-51(46-21-10-11-22-47(46)58(52)60-54)50-26-13-25-49-48-24-12-23-45(56(48)61-57(49)50)42-19-8-3-9-20-42/h1-37H. The summed E-state index contributed by atoms with van der Waals surface area (Å²) >= 11 is 0. The summed E-state index contributed by atoms with van der Waals surface area (Å²) in [4.78, 5) is 2.36. The fourth-order valence-electron chi connectivity index (χ4n) is 9.21. The maximum atomic E-state index is 6.98. The molecule has 0 saturated heterocycles. The SMILES string of the molecule is c1ccc(-c2ccc(N(c3ccc(-c4ccccc4)cc3)c3cccc4oc5c6ccccc6c(-c6cccc7c6oc6c(-c8ccccc8)cccc67)cc5c34)cc2)cc1. The van der Waals surface area contributed by atoms with Crippen LogP contribution in [0.4, 0.5) is 17.1 Å². The first-order valence-electron chi connectivity index (χ1n) is 20.7. The Labute approximate surface area is 353 Å². The average molecular weight is 780 g/mol. The van der Waals surface area contributed by atoms with Crippen molar-refractivity contribution in [3.63, 3.8) is 0 Å². The number of nitrogens with zero attached hydrogens (tertiary/aromatic N) is 1. The fraction of sp³-hybridized carbons (Fsp3) is 0. The molecule has 3 heteroatoms. The molecule has 286 valence electrons. The summed E-state index contributed by atoms with van der Waals surface area (Å²) in [7, 11) is 0. The highest BCUT2D eigenvalue weighted by Gasteiger charge is 2.24. The predicted octanol–water partition coefficient (Wildman–Crippen LogP) is 16.8. The summed E-state index contributed by atoms with van der Waals surface area (Å²) in [6, 6.07) is 79.6. The van der Waals surface area contributed by atoms with Gasteiger partial charge >= 0.3 is 0 Å². The third-order valence-electron chi connectivity index (χ3n) is 12.1. The van der Waals surface area contributed by atoms with Crippen LogP contribution in [0, 0.1) is 0 Å². The lowest BCUT2D eigenvalue weighted by molar-refractivity contribution is 0.670. The number of para-hydroxylation sites is 2. The second-order valence-corrected chi connectivity index (χ2v) is 15.6. The molecule has 0 bridgehead atoms. The van der Waals surface area contributed by atoms with E-state index in [1.54, 1.807) is 0 Å². The zero-order valence-corrected chi connectivity index (χ0v) is 33.1. The molecule has 0 saturated carbocycles. The van der Waals surface area contributed by atoms with E-state index in [0.29, 0.717) is 0 Å². The number of hydrogen-bond donors (Lipinski definition) is 0. The first-order chi connectivity index (χ1) is 30.3. The summed E-state index contributed by atoms with van der Waals surface area (Å²) in [6.45, 7) is 0. The van der Waals surface area contributed by atoms with Gasteiger partial charge in [-0.2, -0.15) is 0 Å². The van der Waals surface area contributed by atoms with Crippen molar-refractivity contribution >= 4 is 71.7 Å². The van der Waals surface area contributed by atoms with Gasteiger partial charge in [0.2, 0.25) is 0 Å². The molecule has 2 heterocycles. The van der Waals surface area contributed by atoms with E-state index in [4.69, 9.17) is 8.83 Å². The molecule has 0 aliphatic rings. The van der Waals surface area contributed by atoms with Crippen LogP contribution < -0.4 is 4.90 Å². The first kappa shape index (κ1) is 34.9. The number of fused-ring (bicyclic) bond motifs is 8. The van der Waals surface area contributed by atoms with E-state index in [-0.39, 0.29) is 0 Å². The van der Waals surface area contributed by atoms with E-state index >= 15 is 0 Å². The van der Waals surface area contributed by atoms with Crippen LogP contribution >= 0.6 is 0 Å². The quantitative estimate of drug-likeness (QED) is 0.161. The Hall–Kier alpha value is -8.14. The molecule has 0 unspecified atom stereocenters. The minimum absolute atomic E-state index is 0.830. The van der Waals surface area contributed by atoms with Crippen molar-refractivity contribution in [2.24, 2.45) is 0 Å². The largest absolute Gasteiger partial charge is 0.455 e. The van der Waals surface area contributed by atoms with E-state index in [0.717, 1.165) is 94.0 Å². The number of furan rings is 2. The fourth-order valence-corrected chi connectivity index (χ4v) is 9.21. The lowest BCUT2D eigenvalue weighted by Gasteiger charge is -2.26. The summed E-state index contributed by atoms with van der Waals surface area (Å²) in [5.74, 6) is 0. The number of hydrogen-bond acceptors (Lipinski definition) is 3. The smallest absolute Gasteiger partial charge is 0.143 e. The molecule has 10 aromatic carbocycles. The van der Waals surface area contributed by atoms with Crippen LogP contribution in [-0.4, -0.2) is 0 Å². The lowest BCUT2D eigenvalue weighted by Crippen LogP contribution is -2.10. The van der Waals surface area contributed by atoms with Crippen molar-refractivity contribution in [1.29, 1.82) is 0 Å². The van der Waals surface area contributed by atoms with Crippen LogP contribution in [0.15, 0.2) is 233 Å². The topological polar surface area (TPSA) is 29.5 Å². The molecule has 12 rings (SSSR count). The van der Waals surface area contributed by atoms with Crippen LogP contribution in [0.3, 0.4) is 0 Å². The Morgan fingerprint density at radius 1 is 0.279 bits per heavy atom. The van der Waals surface area contributed by atoms with Crippen LogP contribution in [0.2, 0.25) is 0 Å². The van der Waals surface area contributed by atoms with Crippen LogP contribution in [-0.2, 0) is 0 Å². The maximum Gasteiger partial charge on any atom is 0.143 e. The lowest BCUT2D eigenvalue weighted by atomic mass is 9.93. The normalized spacial score (nSPS) is 11.6. The summed E-state index contributed by atoms with van der Waals surface area (Å²) < 4.78 is 13.9. The summed E-state index contributed by atoms with van der Waals surface area (Å²) in [5.41, 5.74) is 15.7. The maximum absolute atomic E-state index is 6.98. The molecule has 12 aromatic rings. The predicted molar refractivity (Wildman–Crippen MR) is 255 cm³/mol. The van der Waals surface area contributed by atoms with Crippen molar-refractivity contribution in [2.75, 3.05) is 4.90 Å². The van der Waals surface area contributed by atoms with E-state index in [1.165, 1.54) is 22.3 Å². The molecule has 0 amide bonds. The zero-order valence-electron chi connectivity index (χ0n) is 33.1. The molecule has 0 aliphatic heterocycles. The zero-order chi connectivity index (χ0) is 40.3. The Kier molecular flexibility index (Phi) is 8.17. The van der Waals surface area contributed by atoms with Gasteiger partial charge in [-0.05, 0) is 81.2 Å². The van der Waals surface area contributed by atoms with Gasteiger partial charge in [0, 0.05) is 44.0 Å². The first-order valence-corrected chi connectivity index (χ1v) is 20.7. The molecule has 2 aromatic heterocycles. The minimum atomic E-state index is 0.830. The summed E-state index contributed by atoms with van der Waals surface area (Å²) in [5, 5.41) is 6.46. The molecule has 0 aliphatic carbocycles. The number of benzene rings is 10. The monoisotopic (exact) mass is 779 g/mol. The van der Waals surface area contributed by atoms with Crippen molar-refractivity contribution in [3.8, 4) is 44.5 Å². The van der Waals surface area contributed by atoms with Gasteiger partial charge in [0.25, 0.3) is 0 Å². The molecule has 0 fully saturated rings. The second-order valence-electron chi connectivity index (χ2n) is 15.6. The molecule has 0 radical (unpaired) electrons. The average Bonchev–Trinajstić information content (AvgIpc) is 3.92. The van der Waals surface area contributed by atoms with Crippen molar-refractivity contribution in [3.05, 3.63) is 224 Å². The van der Waals surface area contributed by atoms with Gasteiger partial charge in [-0.15, -0.1) is 0 Å². The molecule has 0 N–H and O–H groups in total. The highest BCUT2D eigenvalue weighted by molar-refractivity contribution is 6.24. The third-order valence-corrected chi connectivity index (χ3v) is 12.1. The Morgan fingerprint density at radius 2 is 0.738 bits per heavy atom. The van der Waals surface area contributed by atoms with Gasteiger partial charge in [-0.25, -0.2) is 0 Å². The van der Waals surface area contributed by atoms with Gasteiger partial charge in [0.1, 0.15) is 22.3 Å². The van der Waals surface area contributed by atoms with Gasteiger partial charge in [0.05, 0.1) is 11.1 Å². The molecule has 61 heavy (non-hydrogen) atoms. The van der Waals surface area contributed by atoms with Gasteiger partial charge in [-0.1, -0.05) is 182 Å². The van der Waals surface area contributed by atoms with E-state index in [2.05, 4.69) is 229 Å². The molecular weight excluding hydrogens is 743 g/mol. The second kappa shape index (κ2) is 14.3. The van der Waals surface area contributed by atoms with E-state index < -0.39 is 0 Å². The summed E-state index contributed by atoms with van der Waals surface area (Å²) in [6.07, 6.45) is 0. The third kappa shape index (κ3) is 5.82.